The highest BCUT2D eigenvalue weighted by molar-refractivity contribution is 6.30. The summed E-state index contributed by atoms with van der Waals surface area (Å²) in [4.78, 5) is 30.5. The number of nitrogens with one attached hydrogen (secondary N) is 1. The maximum atomic E-state index is 13.1. The van der Waals surface area contributed by atoms with Gasteiger partial charge in [-0.2, -0.15) is 5.10 Å². The Kier molecular flexibility index (Phi) is 5.16. The predicted molar refractivity (Wildman–Crippen MR) is 122 cm³/mol. The molecule has 3 heterocycles. The fraction of sp³-hybridized carbons (Fsp3) is 0.348. The van der Waals surface area contributed by atoms with E-state index in [1.165, 1.54) is 17.5 Å². The fourth-order valence-electron chi connectivity index (χ4n) is 4.57. The van der Waals surface area contributed by atoms with Gasteiger partial charge in [0.05, 0.1) is 12.3 Å². The van der Waals surface area contributed by atoms with Crippen molar-refractivity contribution in [2.45, 2.75) is 32.0 Å². The van der Waals surface area contributed by atoms with Gasteiger partial charge in [-0.05, 0) is 30.2 Å². The Labute approximate surface area is 192 Å². The normalized spacial score (nSPS) is 25.7. The monoisotopic (exact) mass is 452 g/mol. The molecule has 2 aromatic rings. The third kappa shape index (κ3) is 3.44. The van der Waals surface area contributed by atoms with E-state index in [2.05, 4.69) is 41.4 Å². The first kappa shape index (κ1) is 20.9. The van der Waals surface area contributed by atoms with Crippen molar-refractivity contribution in [3.63, 3.8) is 0 Å². The number of fused-ring (bicyclic) bond motifs is 3. The van der Waals surface area contributed by atoms with Crippen LogP contribution < -0.4 is 5.32 Å². The van der Waals surface area contributed by atoms with Crippen molar-refractivity contribution in [1.82, 2.24) is 25.0 Å². The van der Waals surface area contributed by atoms with Gasteiger partial charge in [-0.25, -0.2) is 9.69 Å². The first-order valence-electron chi connectivity index (χ1n) is 10.6. The van der Waals surface area contributed by atoms with E-state index in [4.69, 9.17) is 16.7 Å². The van der Waals surface area contributed by atoms with Gasteiger partial charge in [0.25, 0.3) is 5.91 Å². The molecule has 5 rings (SSSR count). The third-order valence-corrected chi connectivity index (χ3v) is 6.64. The molecule has 3 aliphatic heterocycles. The second kappa shape index (κ2) is 7.88. The lowest BCUT2D eigenvalue weighted by Crippen LogP contribution is -2.65. The molecule has 3 aliphatic rings. The maximum Gasteiger partial charge on any atom is 0.327 e. The lowest BCUT2D eigenvalue weighted by Gasteiger charge is -2.41. The summed E-state index contributed by atoms with van der Waals surface area (Å²) in [6.45, 7) is 3.10. The Hall–Kier alpha value is -2.94. The average molecular weight is 453 g/mol. The molecule has 3 amide bonds. The summed E-state index contributed by atoms with van der Waals surface area (Å²) in [5.41, 5.74) is 4.10. The number of likely N-dealkylation sites (N-methyl/N-ethyl adjacent to an activating group) is 2. The molecule has 9 heteroatoms. The standard InChI is InChI=1S/C23H25ClN6O2/c1-14-4-6-15(7-5-14)12-30-22-25-20-19(21(31)28(3)23(32)27(20)2)29(22)13-18(26-30)16-8-10-17(24)11-9-16/h4-11,19-20,22,25H,12-13H2,1-3H3. The number of carbonyl (C=O) groups is 2. The van der Waals surface area contributed by atoms with Crippen molar-refractivity contribution >= 4 is 29.3 Å². The number of hydrogen-bond donors (Lipinski definition) is 1. The van der Waals surface area contributed by atoms with E-state index in [1.807, 2.05) is 29.3 Å². The van der Waals surface area contributed by atoms with E-state index in [0.717, 1.165) is 16.8 Å². The van der Waals surface area contributed by atoms with Gasteiger partial charge in [0, 0.05) is 25.7 Å². The molecule has 32 heavy (non-hydrogen) atoms. The van der Waals surface area contributed by atoms with Crippen molar-refractivity contribution in [3.8, 4) is 0 Å². The van der Waals surface area contributed by atoms with Gasteiger partial charge in [0.1, 0.15) is 12.2 Å². The van der Waals surface area contributed by atoms with Gasteiger partial charge in [-0.3, -0.25) is 20.0 Å². The van der Waals surface area contributed by atoms with Crippen LogP contribution in [0.1, 0.15) is 16.7 Å². The van der Waals surface area contributed by atoms with Crippen LogP contribution in [-0.4, -0.2) is 76.5 Å². The van der Waals surface area contributed by atoms with Crippen molar-refractivity contribution < 1.29 is 9.59 Å². The van der Waals surface area contributed by atoms with E-state index >= 15 is 0 Å². The lowest BCUT2D eigenvalue weighted by molar-refractivity contribution is -0.137. The smallest absolute Gasteiger partial charge is 0.310 e. The molecule has 0 aromatic heterocycles. The minimum absolute atomic E-state index is 0.208. The Bertz CT molecular complexity index is 1090. The van der Waals surface area contributed by atoms with E-state index in [-0.39, 0.29) is 18.2 Å². The Balaban J connectivity index is 1.53. The number of aryl methyl sites for hydroxylation is 1. The van der Waals surface area contributed by atoms with Crippen LogP contribution in [-0.2, 0) is 11.3 Å². The van der Waals surface area contributed by atoms with Gasteiger partial charge in [0.2, 0.25) is 0 Å². The minimum Gasteiger partial charge on any atom is -0.310 e. The number of halogens is 1. The molecular formula is C23H25ClN6O2. The number of urea groups is 1. The molecule has 0 radical (unpaired) electrons. The highest BCUT2D eigenvalue weighted by Gasteiger charge is 2.55. The van der Waals surface area contributed by atoms with Crippen molar-refractivity contribution in [3.05, 3.63) is 70.2 Å². The Morgan fingerprint density at radius 2 is 1.75 bits per heavy atom. The van der Waals surface area contributed by atoms with Crippen LogP contribution in [0.3, 0.4) is 0 Å². The molecule has 2 aromatic carbocycles. The molecule has 3 unspecified atom stereocenters. The minimum atomic E-state index is -0.494. The quantitative estimate of drug-likeness (QED) is 0.773. The largest absolute Gasteiger partial charge is 0.327 e. The van der Waals surface area contributed by atoms with Crippen LogP contribution in [0.5, 0.6) is 0 Å². The van der Waals surface area contributed by atoms with Gasteiger partial charge in [0.15, 0.2) is 6.29 Å². The van der Waals surface area contributed by atoms with Crippen molar-refractivity contribution in [1.29, 1.82) is 0 Å². The van der Waals surface area contributed by atoms with Gasteiger partial charge < -0.3 is 4.90 Å². The number of amides is 3. The molecule has 0 aliphatic carbocycles. The second-order valence-electron chi connectivity index (χ2n) is 8.53. The van der Waals surface area contributed by atoms with E-state index < -0.39 is 12.2 Å². The molecule has 2 saturated heterocycles. The topological polar surface area (TPSA) is 71.5 Å². The number of benzene rings is 2. The Morgan fingerprint density at radius 3 is 2.44 bits per heavy atom. The number of rotatable bonds is 3. The van der Waals surface area contributed by atoms with Crippen molar-refractivity contribution in [2.75, 3.05) is 20.6 Å². The highest BCUT2D eigenvalue weighted by atomic mass is 35.5. The molecule has 0 spiro atoms. The molecule has 0 bridgehead atoms. The molecule has 8 nitrogen and oxygen atoms in total. The number of carbonyl (C=O) groups excluding carboxylic acids is 2. The second-order valence-corrected chi connectivity index (χ2v) is 8.97. The molecule has 2 fully saturated rings. The summed E-state index contributed by atoms with van der Waals surface area (Å²) in [6, 6.07) is 15.1. The molecule has 3 atom stereocenters. The summed E-state index contributed by atoms with van der Waals surface area (Å²) < 4.78 is 0. The summed E-state index contributed by atoms with van der Waals surface area (Å²) in [5, 5.41) is 11.1. The zero-order chi connectivity index (χ0) is 22.6. The SMILES string of the molecule is Cc1ccc(CN2N=C(c3ccc(Cl)cc3)CN3C4C(=O)N(C)C(=O)N(C)C4NC23)cc1. The lowest BCUT2D eigenvalue weighted by atomic mass is 10.1. The van der Waals surface area contributed by atoms with Crippen LogP contribution in [0.15, 0.2) is 53.6 Å². The van der Waals surface area contributed by atoms with Crippen LogP contribution >= 0.6 is 11.6 Å². The van der Waals surface area contributed by atoms with E-state index in [9.17, 15) is 9.59 Å². The maximum absolute atomic E-state index is 13.1. The van der Waals surface area contributed by atoms with Crippen LogP contribution in [0, 0.1) is 6.92 Å². The van der Waals surface area contributed by atoms with Gasteiger partial charge in [-0.15, -0.1) is 0 Å². The summed E-state index contributed by atoms with van der Waals surface area (Å²) in [5.74, 6) is -0.208. The molecular weight excluding hydrogens is 428 g/mol. The van der Waals surface area contributed by atoms with Gasteiger partial charge in [-0.1, -0.05) is 53.6 Å². The molecule has 166 valence electrons. The zero-order valence-corrected chi connectivity index (χ0v) is 19.0. The zero-order valence-electron chi connectivity index (χ0n) is 18.2. The number of hydrogen-bond acceptors (Lipinski definition) is 6. The molecule has 0 saturated carbocycles. The molecule has 1 N–H and O–H groups in total. The van der Waals surface area contributed by atoms with E-state index in [0.29, 0.717) is 18.1 Å². The van der Waals surface area contributed by atoms with Gasteiger partial charge >= 0.3 is 6.03 Å². The fourth-order valence-corrected chi connectivity index (χ4v) is 4.70. The average Bonchev–Trinajstić information content (AvgIpc) is 3.18. The predicted octanol–water partition coefficient (Wildman–Crippen LogP) is 2.28. The van der Waals surface area contributed by atoms with E-state index in [1.54, 1.807) is 11.9 Å². The summed E-state index contributed by atoms with van der Waals surface area (Å²) >= 11 is 6.09. The van der Waals surface area contributed by atoms with Crippen LogP contribution in [0.25, 0.3) is 0 Å². The van der Waals surface area contributed by atoms with Crippen LogP contribution in [0.4, 0.5) is 4.79 Å². The summed E-state index contributed by atoms with van der Waals surface area (Å²) in [7, 11) is 3.26. The third-order valence-electron chi connectivity index (χ3n) is 6.39. The van der Waals surface area contributed by atoms with Crippen LogP contribution in [0.2, 0.25) is 5.02 Å². The first-order valence-corrected chi connectivity index (χ1v) is 10.9. The highest BCUT2D eigenvalue weighted by Crippen LogP contribution is 2.31. The first-order chi connectivity index (χ1) is 15.3. The van der Waals surface area contributed by atoms with Crippen molar-refractivity contribution in [2.24, 2.45) is 5.10 Å². The Morgan fingerprint density at radius 1 is 1.06 bits per heavy atom. The number of hydrazone groups is 1. The number of imide groups is 1. The number of nitrogens with zero attached hydrogens (tertiary/aromatic N) is 5. The summed E-state index contributed by atoms with van der Waals surface area (Å²) in [6.07, 6.45) is -0.732.